The largest absolute Gasteiger partial charge is 0.464 e. The summed E-state index contributed by atoms with van der Waals surface area (Å²) in [5, 5.41) is 5.51. The number of nitrogens with zero attached hydrogens (tertiary/aromatic N) is 5. The van der Waals surface area contributed by atoms with Gasteiger partial charge in [0.25, 0.3) is 12.3 Å². The number of esters is 1. The molecule has 13 nitrogen and oxygen atoms in total. The summed E-state index contributed by atoms with van der Waals surface area (Å²) in [6.07, 6.45) is 2.40. The van der Waals surface area contributed by atoms with Crippen molar-refractivity contribution in [3.05, 3.63) is 89.8 Å². The minimum absolute atomic E-state index is 0.0324. The molecule has 0 spiro atoms. The predicted molar refractivity (Wildman–Crippen MR) is 254 cm³/mol. The Balaban J connectivity index is 1.25. The Morgan fingerprint density at radius 1 is 1.01 bits per heavy atom. The van der Waals surface area contributed by atoms with Gasteiger partial charge in [0, 0.05) is 73.8 Å². The van der Waals surface area contributed by atoms with Gasteiger partial charge in [0.05, 0.1) is 23.9 Å². The topological polar surface area (TPSA) is 146 Å². The van der Waals surface area contributed by atoms with E-state index in [1.807, 2.05) is 50.4 Å². The van der Waals surface area contributed by atoms with E-state index in [1.165, 1.54) is 21.9 Å². The monoisotopic (exact) mass is 921 g/mol. The van der Waals surface area contributed by atoms with Crippen LogP contribution in [0.15, 0.2) is 72.9 Å². The van der Waals surface area contributed by atoms with Gasteiger partial charge < -0.3 is 24.4 Å². The first-order valence-electron chi connectivity index (χ1n) is 23.6. The van der Waals surface area contributed by atoms with Gasteiger partial charge in [0.2, 0.25) is 17.7 Å². The number of likely N-dealkylation sites (N-methyl/N-ethyl adjacent to an activating group) is 1. The summed E-state index contributed by atoms with van der Waals surface area (Å²) in [7, 11) is 1.53. The number of aromatic nitrogens is 2. The molecule has 2 saturated heterocycles. The predicted octanol–water partition coefficient (Wildman–Crippen LogP) is 7.31. The lowest BCUT2D eigenvalue weighted by Crippen LogP contribution is -2.62. The van der Waals surface area contributed by atoms with Crippen LogP contribution >= 0.6 is 0 Å². The first-order chi connectivity index (χ1) is 31.9. The zero-order valence-electron chi connectivity index (χ0n) is 40.0. The number of aryl methyl sites for hydroxylation is 1. The fourth-order valence-corrected chi connectivity index (χ4v) is 10.0. The lowest BCUT2D eigenvalue weighted by atomic mass is 9.83. The summed E-state index contributed by atoms with van der Waals surface area (Å²) in [6, 6.07) is 15.7. The number of fused-ring (bicyclic) bond motifs is 6. The minimum atomic E-state index is -2.77. The lowest BCUT2D eigenvalue weighted by Gasteiger charge is -2.37. The average molecular weight is 922 g/mol. The van der Waals surface area contributed by atoms with E-state index >= 15 is 0 Å². The van der Waals surface area contributed by atoms with E-state index in [0.29, 0.717) is 38.3 Å². The third-order valence-corrected chi connectivity index (χ3v) is 13.3. The van der Waals surface area contributed by atoms with Crippen LogP contribution in [0.3, 0.4) is 0 Å². The second-order valence-electron chi connectivity index (χ2n) is 19.7. The number of carbonyl (C=O) groups excluding carboxylic acids is 5. The Hall–Kier alpha value is -5.96. The number of alkyl halides is 2. The Kier molecular flexibility index (Phi) is 15.0. The van der Waals surface area contributed by atoms with E-state index < -0.39 is 59.6 Å². The molecule has 4 aromatic rings. The van der Waals surface area contributed by atoms with E-state index in [2.05, 4.69) is 74.2 Å². The van der Waals surface area contributed by atoms with Crippen molar-refractivity contribution in [2.45, 2.75) is 118 Å². The molecule has 0 aliphatic carbocycles. The smallest absolute Gasteiger partial charge is 0.324 e. The summed E-state index contributed by atoms with van der Waals surface area (Å²) in [5.41, 5.74) is 10.7. The quantitative estimate of drug-likeness (QED) is 0.124. The summed E-state index contributed by atoms with van der Waals surface area (Å²) in [6.45, 7) is 15.7. The van der Waals surface area contributed by atoms with E-state index in [1.54, 1.807) is 0 Å². The number of cyclic esters (lactones) is 1. The van der Waals surface area contributed by atoms with Crippen LogP contribution in [0.1, 0.15) is 90.5 Å². The molecule has 4 amide bonds. The number of allylic oxidation sites excluding steroid dienone is 1. The zero-order chi connectivity index (χ0) is 48.3. The van der Waals surface area contributed by atoms with Crippen molar-refractivity contribution in [1.82, 2.24) is 35.1 Å². The van der Waals surface area contributed by atoms with E-state index in [-0.39, 0.29) is 43.9 Å². The Morgan fingerprint density at radius 2 is 1.78 bits per heavy atom. The van der Waals surface area contributed by atoms with Gasteiger partial charge in [0.1, 0.15) is 18.1 Å². The molecule has 0 radical (unpaired) electrons. The number of hydrogen-bond acceptors (Lipinski definition) is 8. The van der Waals surface area contributed by atoms with Crippen molar-refractivity contribution in [3.63, 3.8) is 0 Å². The van der Waals surface area contributed by atoms with Gasteiger partial charge in [-0.2, -0.15) is 0 Å². The van der Waals surface area contributed by atoms with Gasteiger partial charge in [0.15, 0.2) is 0 Å². The highest BCUT2D eigenvalue weighted by molar-refractivity contribution is 5.96. The number of hydrogen-bond donors (Lipinski definition) is 2. The maximum Gasteiger partial charge on any atom is 0.324 e. The van der Waals surface area contributed by atoms with Crippen molar-refractivity contribution < 1.29 is 37.5 Å². The highest BCUT2D eigenvalue weighted by Crippen LogP contribution is 2.42. The second-order valence-corrected chi connectivity index (χ2v) is 19.7. The number of likely N-dealkylation sites (tertiary alicyclic amines) is 1. The van der Waals surface area contributed by atoms with E-state index in [0.717, 1.165) is 62.7 Å². The zero-order valence-corrected chi connectivity index (χ0v) is 40.0. The maximum atomic E-state index is 14.7. The molecular formula is C52H65F2N7O6. The van der Waals surface area contributed by atoms with Crippen LogP contribution in [-0.2, 0) is 48.1 Å². The van der Waals surface area contributed by atoms with Crippen molar-refractivity contribution in [2.24, 2.45) is 17.3 Å². The minimum Gasteiger partial charge on any atom is -0.464 e. The maximum absolute atomic E-state index is 14.7. The molecular weight excluding hydrogens is 857 g/mol. The SMILES string of the molecule is CCn1c(-c2cccnc2C(C)C)c2c3cc(ccc31)-c1cccc(c1)C[C@H](NC(=O)[C@H](C(C)C)N(C)C(=O)[C@H]1CCN(C(=O)/C=C/C(F)F)C1)C(=O)N1CCC[C@H](N1)C(=O)OCC(C)(C)C2. The van der Waals surface area contributed by atoms with Crippen LogP contribution in [0.5, 0.6) is 0 Å². The van der Waals surface area contributed by atoms with Crippen LogP contribution in [0.4, 0.5) is 8.78 Å². The van der Waals surface area contributed by atoms with Gasteiger partial charge in [-0.05, 0) is 97.0 Å². The highest BCUT2D eigenvalue weighted by atomic mass is 19.3. The third-order valence-electron chi connectivity index (χ3n) is 13.3. The standard InChI is InChI=1S/C52H65F2N7O6/c1-9-60-42-18-17-35-27-38(42)39(47(60)37-15-11-22-55-45(37)31(2)3)28-52(6,7)30-67-51(66)40-16-12-23-61(57-40)50(65)41(26-33-13-10-14-34(35)25-33)56-48(63)46(32(4)5)58(8)49(64)36-21-24-59(29-36)44(62)20-19-43(53)54/h10-11,13-15,17-20,22,25,27,31-32,36,40-41,43,46,57H,9,12,16,21,23-24,26,28-30H2,1-8H3,(H,56,63)/b20-19+/t36-,40-,41-,46-/m0/s1. The molecule has 2 aromatic heterocycles. The normalized spacial score (nSPS) is 20.7. The van der Waals surface area contributed by atoms with Crippen molar-refractivity contribution >= 4 is 40.5 Å². The van der Waals surface area contributed by atoms with Crippen molar-refractivity contribution in [3.8, 4) is 22.4 Å². The fourth-order valence-electron chi connectivity index (χ4n) is 10.0. The number of nitrogens with one attached hydrogen (secondary N) is 2. The summed E-state index contributed by atoms with van der Waals surface area (Å²) in [5.74, 6) is -3.26. The molecule has 5 heterocycles. The van der Waals surface area contributed by atoms with Gasteiger partial charge in [-0.3, -0.25) is 34.0 Å². The number of hydrazine groups is 1. The number of benzene rings is 2. The molecule has 0 unspecified atom stereocenters. The molecule has 7 rings (SSSR count). The van der Waals surface area contributed by atoms with Gasteiger partial charge in [-0.1, -0.05) is 71.9 Å². The van der Waals surface area contributed by atoms with Gasteiger partial charge in [-0.25, -0.2) is 14.2 Å². The average Bonchev–Trinajstić information content (AvgIpc) is 3.92. The Bertz CT molecular complexity index is 2530. The first-order valence-corrected chi connectivity index (χ1v) is 23.6. The van der Waals surface area contributed by atoms with Crippen LogP contribution in [0, 0.1) is 17.3 Å². The van der Waals surface area contributed by atoms with Crippen molar-refractivity contribution in [2.75, 3.05) is 33.3 Å². The number of pyridine rings is 1. The number of rotatable bonds is 10. The molecule has 0 saturated carbocycles. The molecule has 3 aliphatic heterocycles. The molecule has 2 aromatic carbocycles. The van der Waals surface area contributed by atoms with Gasteiger partial charge >= 0.3 is 5.97 Å². The van der Waals surface area contributed by atoms with Crippen molar-refractivity contribution in [1.29, 1.82) is 0 Å². The number of halogens is 2. The third kappa shape index (κ3) is 10.8. The molecule has 15 heteroatoms. The number of carbonyl (C=O) groups is 5. The fraction of sp³-hybridized carbons (Fsp3) is 0.500. The molecule has 4 atom stereocenters. The van der Waals surface area contributed by atoms with Crippen LogP contribution in [0.25, 0.3) is 33.3 Å². The molecule has 3 aliphatic rings. The molecule has 2 N–H and O–H groups in total. The number of ether oxygens (including phenoxy) is 1. The molecule has 2 fully saturated rings. The number of amides is 4. The summed E-state index contributed by atoms with van der Waals surface area (Å²) in [4.78, 5) is 77.2. The molecule has 6 bridgehead atoms. The Labute approximate surface area is 392 Å². The van der Waals surface area contributed by atoms with Crippen LogP contribution in [-0.4, -0.2) is 112 Å². The van der Waals surface area contributed by atoms with E-state index in [4.69, 9.17) is 9.72 Å². The highest BCUT2D eigenvalue weighted by Gasteiger charge is 2.40. The van der Waals surface area contributed by atoms with Gasteiger partial charge in [-0.15, -0.1) is 0 Å². The van der Waals surface area contributed by atoms with E-state index in [9.17, 15) is 32.8 Å². The van der Waals surface area contributed by atoms with Crippen LogP contribution in [0.2, 0.25) is 0 Å². The second kappa shape index (κ2) is 20.5. The lowest BCUT2D eigenvalue weighted by molar-refractivity contribution is -0.155. The van der Waals surface area contributed by atoms with Crippen LogP contribution < -0.4 is 10.7 Å². The summed E-state index contributed by atoms with van der Waals surface area (Å²) >= 11 is 0. The first kappa shape index (κ1) is 49.0. The molecule has 67 heavy (non-hydrogen) atoms. The summed E-state index contributed by atoms with van der Waals surface area (Å²) < 4.78 is 33.9. The Morgan fingerprint density at radius 3 is 2.49 bits per heavy atom. The molecule has 358 valence electrons.